The molecule has 20 heavy (non-hydrogen) atoms. The van der Waals surface area contributed by atoms with Gasteiger partial charge in [0.05, 0.1) is 5.60 Å². The minimum absolute atomic E-state index is 0.541. The highest BCUT2D eigenvalue weighted by molar-refractivity contribution is 6.33. The molecule has 1 aliphatic carbocycles. The fourth-order valence-corrected chi connectivity index (χ4v) is 3.70. The number of hydrogen-bond acceptors (Lipinski definition) is 2. The van der Waals surface area contributed by atoms with Gasteiger partial charge in [0.1, 0.15) is 6.10 Å². The van der Waals surface area contributed by atoms with E-state index in [4.69, 9.17) is 27.9 Å². The predicted octanol–water partition coefficient (Wildman–Crippen LogP) is 5.01. The van der Waals surface area contributed by atoms with Gasteiger partial charge in [0, 0.05) is 22.2 Å². The van der Waals surface area contributed by atoms with Crippen molar-refractivity contribution in [2.75, 3.05) is 6.61 Å². The van der Waals surface area contributed by atoms with Gasteiger partial charge in [-0.2, -0.15) is 0 Å². The standard InChI is InChI=1S/C16H22Cl2O2/c1-3-20-16(8-4-5-11(2)10-16)15(19)13-9-12(17)6-7-14(13)18/h6-7,9,11,15,19H,3-5,8,10H2,1-2H3. The molecule has 3 unspecified atom stereocenters. The maximum Gasteiger partial charge on any atom is 0.109 e. The molecule has 0 amide bonds. The molecule has 1 aromatic carbocycles. The van der Waals surface area contributed by atoms with Crippen LogP contribution in [0, 0.1) is 5.92 Å². The third-order valence-electron chi connectivity index (χ3n) is 4.17. The van der Waals surface area contributed by atoms with E-state index < -0.39 is 11.7 Å². The molecular weight excluding hydrogens is 295 g/mol. The average Bonchev–Trinajstić information content (AvgIpc) is 2.41. The largest absolute Gasteiger partial charge is 0.385 e. The van der Waals surface area contributed by atoms with Crippen LogP contribution >= 0.6 is 23.2 Å². The quantitative estimate of drug-likeness (QED) is 0.845. The summed E-state index contributed by atoms with van der Waals surface area (Å²) in [5.41, 5.74) is 0.127. The van der Waals surface area contributed by atoms with Crippen LogP contribution in [0.4, 0.5) is 0 Å². The van der Waals surface area contributed by atoms with Crippen molar-refractivity contribution in [2.24, 2.45) is 5.92 Å². The number of hydrogen-bond donors (Lipinski definition) is 1. The van der Waals surface area contributed by atoms with Crippen molar-refractivity contribution in [2.45, 2.75) is 51.2 Å². The Hall–Kier alpha value is -0.280. The molecule has 1 N–H and O–H groups in total. The van der Waals surface area contributed by atoms with Crippen LogP contribution in [0.5, 0.6) is 0 Å². The van der Waals surface area contributed by atoms with Gasteiger partial charge in [0.25, 0.3) is 0 Å². The molecule has 0 bridgehead atoms. The van der Waals surface area contributed by atoms with E-state index in [-0.39, 0.29) is 0 Å². The summed E-state index contributed by atoms with van der Waals surface area (Å²) in [6, 6.07) is 5.21. The molecule has 0 heterocycles. The number of aliphatic hydroxyl groups excluding tert-OH is 1. The summed E-state index contributed by atoms with van der Waals surface area (Å²) in [7, 11) is 0. The minimum atomic E-state index is -0.739. The molecule has 1 aliphatic rings. The van der Waals surface area contributed by atoms with Gasteiger partial charge in [-0.3, -0.25) is 0 Å². The molecule has 112 valence electrons. The van der Waals surface area contributed by atoms with Gasteiger partial charge in [0.2, 0.25) is 0 Å². The van der Waals surface area contributed by atoms with Crippen LogP contribution in [0.3, 0.4) is 0 Å². The Morgan fingerprint density at radius 1 is 1.45 bits per heavy atom. The SMILES string of the molecule is CCOC1(C(O)c2cc(Cl)ccc2Cl)CCCC(C)C1. The zero-order valence-electron chi connectivity index (χ0n) is 12.0. The summed E-state index contributed by atoms with van der Waals surface area (Å²) in [5, 5.41) is 12.0. The van der Waals surface area contributed by atoms with Crippen LogP contribution in [-0.4, -0.2) is 17.3 Å². The van der Waals surface area contributed by atoms with E-state index in [0.717, 1.165) is 19.3 Å². The summed E-state index contributed by atoms with van der Waals surface area (Å²) >= 11 is 12.3. The highest BCUT2D eigenvalue weighted by atomic mass is 35.5. The summed E-state index contributed by atoms with van der Waals surface area (Å²) in [6.45, 7) is 4.76. The summed E-state index contributed by atoms with van der Waals surface area (Å²) < 4.78 is 6.00. The fraction of sp³-hybridized carbons (Fsp3) is 0.625. The lowest BCUT2D eigenvalue weighted by atomic mass is 9.74. The lowest BCUT2D eigenvalue weighted by Gasteiger charge is -2.43. The van der Waals surface area contributed by atoms with Crippen molar-refractivity contribution < 1.29 is 9.84 Å². The Balaban J connectivity index is 2.35. The number of aliphatic hydroxyl groups is 1. The van der Waals surface area contributed by atoms with Crippen molar-refractivity contribution >= 4 is 23.2 Å². The summed E-state index contributed by atoms with van der Waals surface area (Å²) in [4.78, 5) is 0. The van der Waals surface area contributed by atoms with Gasteiger partial charge < -0.3 is 9.84 Å². The molecule has 1 fully saturated rings. The Labute approximate surface area is 131 Å². The van der Waals surface area contributed by atoms with Gasteiger partial charge in [-0.15, -0.1) is 0 Å². The van der Waals surface area contributed by atoms with E-state index in [0.29, 0.717) is 28.1 Å². The van der Waals surface area contributed by atoms with Crippen molar-refractivity contribution in [1.29, 1.82) is 0 Å². The smallest absolute Gasteiger partial charge is 0.109 e. The molecule has 0 radical (unpaired) electrons. The average molecular weight is 317 g/mol. The highest BCUT2D eigenvalue weighted by Crippen LogP contribution is 2.45. The second-order valence-corrected chi connectivity index (χ2v) is 6.61. The Morgan fingerprint density at radius 3 is 2.85 bits per heavy atom. The molecule has 0 spiro atoms. The first-order chi connectivity index (χ1) is 9.48. The topological polar surface area (TPSA) is 29.5 Å². The van der Waals surface area contributed by atoms with Crippen LogP contribution in [0.2, 0.25) is 10.0 Å². The molecule has 1 aromatic rings. The lowest BCUT2D eigenvalue weighted by molar-refractivity contribution is -0.149. The Morgan fingerprint density at radius 2 is 2.20 bits per heavy atom. The van der Waals surface area contributed by atoms with E-state index in [9.17, 15) is 5.11 Å². The highest BCUT2D eigenvalue weighted by Gasteiger charge is 2.43. The summed E-state index contributed by atoms with van der Waals surface area (Å²) in [5.74, 6) is 0.544. The van der Waals surface area contributed by atoms with Gasteiger partial charge in [-0.1, -0.05) is 43.0 Å². The lowest BCUT2D eigenvalue weighted by Crippen LogP contribution is -2.43. The molecule has 2 rings (SSSR count). The zero-order chi connectivity index (χ0) is 14.8. The Kier molecular flexibility index (Phi) is 5.36. The molecule has 0 saturated heterocycles. The zero-order valence-corrected chi connectivity index (χ0v) is 13.5. The first-order valence-electron chi connectivity index (χ1n) is 7.25. The third kappa shape index (κ3) is 3.30. The number of benzene rings is 1. The van der Waals surface area contributed by atoms with Crippen LogP contribution in [-0.2, 0) is 4.74 Å². The molecule has 3 atom stereocenters. The number of rotatable bonds is 4. The van der Waals surface area contributed by atoms with E-state index >= 15 is 0 Å². The van der Waals surface area contributed by atoms with E-state index in [2.05, 4.69) is 6.92 Å². The van der Waals surface area contributed by atoms with E-state index in [1.165, 1.54) is 6.42 Å². The molecule has 1 saturated carbocycles. The van der Waals surface area contributed by atoms with Gasteiger partial charge in [0.15, 0.2) is 0 Å². The maximum atomic E-state index is 10.9. The third-order valence-corrected chi connectivity index (χ3v) is 4.75. The number of halogens is 2. The minimum Gasteiger partial charge on any atom is -0.385 e. The second-order valence-electron chi connectivity index (χ2n) is 5.77. The maximum absolute atomic E-state index is 10.9. The Bertz CT molecular complexity index is 460. The van der Waals surface area contributed by atoms with Crippen molar-refractivity contribution in [3.05, 3.63) is 33.8 Å². The van der Waals surface area contributed by atoms with Gasteiger partial charge in [-0.05, 0) is 43.9 Å². The fourth-order valence-electron chi connectivity index (χ4n) is 3.30. The first-order valence-corrected chi connectivity index (χ1v) is 8.01. The molecule has 4 heteroatoms. The van der Waals surface area contributed by atoms with Crippen LogP contribution < -0.4 is 0 Å². The van der Waals surface area contributed by atoms with Crippen molar-refractivity contribution in [1.82, 2.24) is 0 Å². The van der Waals surface area contributed by atoms with Crippen LogP contribution in [0.25, 0.3) is 0 Å². The van der Waals surface area contributed by atoms with Crippen LogP contribution in [0.15, 0.2) is 18.2 Å². The van der Waals surface area contributed by atoms with E-state index in [1.807, 2.05) is 6.92 Å². The molecule has 2 nitrogen and oxygen atoms in total. The van der Waals surface area contributed by atoms with Crippen molar-refractivity contribution in [3.8, 4) is 0 Å². The van der Waals surface area contributed by atoms with Crippen LogP contribution in [0.1, 0.15) is 51.2 Å². The molecule has 0 aromatic heterocycles. The first kappa shape index (κ1) is 16.1. The monoisotopic (exact) mass is 316 g/mol. The molecule has 0 aliphatic heterocycles. The number of ether oxygens (including phenoxy) is 1. The van der Waals surface area contributed by atoms with E-state index in [1.54, 1.807) is 18.2 Å². The normalized spacial score (nSPS) is 28.4. The second kappa shape index (κ2) is 6.65. The van der Waals surface area contributed by atoms with Gasteiger partial charge >= 0.3 is 0 Å². The van der Waals surface area contributed by atoms with Gasteiger partial charge in [-0.25, -0.2) is 0 Å². The molecular formula is C16H22Cl2O2. The summed E-state index contributed by atoms with van der Waals surface area (Å²) in [6.07, 6.45) is 3.22. The predicted molar refractivity (Wildman–Crippen MR) is 83.4 cm³/mol. The van der Waals surface area contributed by atoms with Crippen molar-refractivity contribution in [3.63, 3.8) is 0 Å².